The number of hydrogen-bond donors (Lipinski definition) is 1. The maximum atomic E-state index is 10.8. The lowest BCUT2D eigenvalue weighted by molar-refractivity contribution is 0.0685. The van der Waals surface area contributed by atoms with Crippen LogP contribution in [0, 0.1) is 0 Å². The molecule has 0 fully saturated rings. The maximum absolute atomic E-state index is 10.8. The van der Waals surface area contributed by atoms with Crippen LogP contribution in [-0.2, 0) is 6.54 Å². The van der Waals surface area contributed by atoms with E-state index in [9.17, 15) is 4.79 Å². The van der Waals surface area contributed by atoms with Crippen LogP contribution in [0.1, 0.15) is 16.2 Å². The lowest BCUT2D eigenvalue weighted by atomic mass is 10.2. The molecule has 0 bridgehead atoms. The lowest BCUT2D eigenvalue weighted by Gasteiger charge is -2.05. The largest absolute Gasteiger partial charge is 0.476 e. The molecular weight excluding hydrogens is 258 g/mol. The molecule has 6 nitrogen and oxygen atoms in total. The second-order valence-electron chi connectivity index (χ2n) is 4.23. The van der Waals surface area contributed by atoms with Crippen LogP contribution in [0.2, 0.25) is 0 Å². The van der Waals surface area contributed by atoms with Gasteiger partial charge in [-0.05, 0) is 0 Å². The minimum absolute atomic E-state index is 0.0959. The summed E-state index contributed by atoms with van der Waals surface area (Å²) in [7, 11) is 0. The van der Waals surface area contributed by atoms with Crippen LogP contribution in [0.25, 0.3) is 11.4 Å². The molecule has 1 aromatic carbocycles. The Labute approximate surface area is 114 Å². The van der Waals surface area contributed by atoms with Gasteiger partial charge in [0.15, 0.2) is 11.5 Å². The van der Waals surface area contributed by atoms with Crippen molar-refractivity contribution in [2.24, 2.45) is 0 Å². The molecule has 0 unspecified atom stereocenters. The summed E-state index contributed by atoms with van der Waals surface area (Å²) in [5.74, 6) is 0.158. The van der Waals surface area contributed by atoms with Gasteiger partial charge in [0.2, 0.25) is 0 Å². The third-order valence-electron chi connectivity index (χ3n) is 2.85. The monoisotopic (exact) mass is 269 g/mol. The van der Waals surface area contributed by atoms with Gasteiger partial charge in [-0.25, -0.2) is 9.78 Å². The first-order valence-electron chi connectivity index (χ1n) is 5.99. The van der Waals surface area contributed by atoms with E-state index < -0.39 is 5.97 Å². The smallest absolute Gasteiger partial charge is 0.358 e. The number of carboxylic acids is 1. The van der Waals surface area contributed by atoms with Crippen LogP contribution in [0.15, 0.2) is 53.3 Å². The van der Waals surface area contributed by atoms with Crippen molar-refractivity contribution in [2.45, 2.75) is 6.54 Å². The van der Waals surface area contributed by atoms with Crippen molar-refractivity contribution in [2.75, 3.05) is 0 Å². The molecule has 0 radical (unpaired) electrons. The van der Waals surface area contributed by atoms with Crippen LogP contribution < -0.4 is 0 Å². The van der Waals surface area contributed by atoms with E-state index in [1.165, 1.54) is 6.07 Å². The highest BCUT2D eigenvalue weighted by molar-refractivity contribution is 5.85. The predicted molar refractivity (Wildman–Crippen MR) is 70.2 cm³/mol. The topological polar surface area (TPSA) is 81.1 Å². The minimum atomic E-state index is -1.10. The molecule has 2 aromatic heterocycles. The third kappa shape index (κ3) is 2.31. The number of aromatic nitrogens is 3. The second kappa shape index (κ2) is 5.00. The van der Waals surface area contributed by atoms with Crippen molar-refractivity contribution < 1.29 is 14.4 Å². The number of carboxylic acid groups (broad SMARTS) is 1. The fourth-order valence-corrected chi connectivity index (χ4v) is 1.94. The number of rotatable bonds is 4. The summed E-state index contributed by atoms with van der Waals surface area (Å²) < 4.78 is 6.89. The number of nitrogens with zero attached hydrogens (tertiary/aromatic N) is 3. The zero-order valence-electron chi connectivity index (χ0n) is 10.4. The number of aromatic carboxylic acids is 1. The van der Waals surface area contributed by atoms with Gasteiger partial charge in [0.25, 0.3) is 0 Å². The Kier molecular flexibility index (Phi) is 3.04. The molecule has 0 aliphatic rings. The fourth-order valence-electron chi connectivity index (χ4n) is 1.94. The molecule has 3 rings (SSSR count). The van der Waals surface area contributed by atoms with Crippen molar-refractivity contribution in [3.63, 3.8) is 0 Å². The zero-order chi connectivity index (χ0) is 13.9. The Morgan fingerprint density at radius 2 is 2.10 bits per heavy atom. The molecule has 0 saturated heterocycles. The standard InChI is InChI=1S/C14H11N3O3/c18-14(19)12-8-11(20-16-12)9-17-7-6-15-13(17)10-4-2-1-3-5-10/h1-8H,9H2,(H,18,19). The first-order valence-corrected chi connectivity index (χ1v) is 5.99. The average Bonchev–Trinajstić information content (AvgIpc) is 3.09. The van der Waals surface area contributed by atoms with Gasteiger partial charge in [0.1, 0.15) is 5.82 Å². The van der Waals surface area contributed by atoms with Crippen molar-refractivity contribution >= 4 is 5.97 Å². The molecular formula is C14H11N3O3. The van der Waals surface area contributed by atoms with E-state index in [1.54, 1.807) is 6.20 Å². The molecule has 0 atom stereocenters. The van der Waals surface area contributed by atoms with E-state index in [0.29, 0.717) is 12.3 Å². The van der Waals surface area contributed by atoms with Crippen LogP contribution in [0.4, 0.5) is 0 Å². The van der Waals surface area contributed by atoms with E-state index in [-0.39, 0.29) is 5.69 Å². The van der Waals surface area contributed by atoms with Gasteiger partial charge in [-0.3, -0.25) is 0 Å². The third-order valence-corrected chi connectivity index (χ3v) is 2.85. The van der Waals surface area contributed by atoms with E-state index in [0.717, 1.165) is 11.4 Å². The second-order valence-corrected chi connectivity index (χ2v) is 4.23. The van der Waals surface area contributed by atoms with Crippen LogP contribution in [0.3, 0.4) is 0 Å². The van der Waals surface area contributed by atoms with Crippen molar-refractivity contribution in [3.8, 4) is 11.4 Å². The molecule has 2 heterocycles. The number of carbonyl (C=O) groups is 1. The Balaban J connectivity index is 1.88. The predicted octanol–water partition coefficient (Wildman–Crippen LogP) is 2.28. The molecule has 100 valence electrons. The first kappa shape index (κ1) is 12.2. The Bertz CT molecular complexity index is 731. The summed E-state index contributed by atoms with van der Waals surface area (Å²) in [6, 6.07) is 11.1. The number of hydrogen-bond acceptors (Lipinski definition) is 4. The normalized spacial score (nSPS) is 10.6. The summed E-state index contributed by atoms with van der Waals surface area (Å²) in [6.07, 6.45) is 3.50. The van der Waals surface area contributed by atoms with Gasteiger partial charge < -0.3 is 14.2 Å². The number of benzene rings is 1. The summed E-state index contributed by atoms with van der Waals surface area (Å²) in [4.78, 5) is 15.1. The lowest BCUT2D eigenvalue weighted by Crippen LogP contribution is -2.00. The SMILES string of the molecule is O=C(O)c1cc(Cn2ccnc2-c2ccccc2)on1. The Morgan fingerprint density at radius 3 is 2.80 bits per heavy atom. The van der Waals surface area contributed by atoms with E-state index >= 15 is 0 Å². The molecule has 1 N–H and O–H groups in total. The van der Waals surface area contributed by atoms with Gasteiger partial charge in [0, 0.05) is 24.0 Å². The quantitative estimate of drug-likeness (QED) is 0.785. The van der Waals surface area contributed by atoms with Gasteiger partial charge in [-0.15, -0.1) is 0 Å². The maximum Gasteiger partial charge on any atom is 0.358 e. The Morgan fingerprint density at radius 1 is 1.30 bits per heavy atom. The zero-order valence-corrected chi connectivity index (χ0v) is 10.4. The first-order chi connectivity index (χ1) is 9.74. The molecule has 0 amide bonds. The average molecular weight is 269 g/mol. The van der Waals surface area contributed by atoms with Crippen LogP contribution in [0.5, 0.6) is 0 Å². The Hall–Kier alpha value is -2.89. The van der Waals surface area contributed by atoms with Gasteiger partial charge >= 0.3 is 5.97 Å². The van der Waals surface area contributed by atoms with E-state index in [2.05, 4.69) is 10.1 Å². The van der Waals surface area contributed by atoms with Crippen molar-refractivity contribution in [1.82, 2.24) is 14.7 Å². The molecule has 0 saturated carbocycles. The molecule has 0 aliphatic carbocycles. The van der Waals surface area contributed by atoms with E-state index in [1.807, 2.05) is 41.1 Å². The van der Waals surface area contributed by atoms with Crippen LogP contribution in [-0.4, -0.2) is 25.8 Å². The summed E-state index contributed by atoms with van der Waals surface area (Å²) in [5, 5.41) is 12.3. The summed E-state index contributed by atoms with van der Waals surface area (Å²) >= 11 is 0. The molecule has 3 aromatic rings. The highest BCUT2D eigenvalue weighted by Gasteiger charge is 2.12. The van der Waals surface area contributed by atoms with E-state index in [4.69, 9.17) is 9.63 Å². The fraction of sp³-hybridized carbons (Fsp3) is 0.0714. The van der Waals surface area contributed by atoms with Gasteiger partial charge in [-0.2, -0.15) is 0 Å². The number of imidazole rings is 1. The highest BCUT2D eigenvalue weighted by atomic mass is 16.5. The molecule has 20 heavy (non-hydrogen) atoms. The van der Waals surface area contributed by atoms with Gasteiger partial charge in [0.05, 0.1) is 6.54 Å². The molecule has 6 heteroatoms. The van der Waals surface area contributed by atoms with Crippen molar-refractivity contribution in [1.29, 1.82) is 0 Å². The van der Waals surface area contributed by atoms with Gasteiger partial charge in [-0.1, -0.05) is 35.5 Å². The van der Waals surface area contributed by atoms with Crippen molar-refractivity contribution in [3.05, 3.63) is 60.2 Å². The summed E-state index contributed by atoms with van der Waals surface area (Å²) in [5.41, 5.74) is 0.886. The molecule has 0 aliphatic heterocycles. The molecule has 0 spiro atoms. The summed E-state index contributed by atoms with van der Waals surface area (Å²) in [6.45, 7) is 0.379. The highest BCUT2D eigenvalue weighted by Crippen LogP contribution is 2.18. The minimum Gasteiger partial charge on any atom is -0.476 e. The van der Waals surface area contributed by atoms with Crippen LogP contribution >= 0.6 is 0 Å².